The van der Waals surface area contributed by atoms with E-state index in [-0.39, 0.29) is 24.9 Å². The summed E-state index contributed by atoms with van der Waals surface area (Å²) < 4.78 is 42.7. The zero-order chi connectivity index (χ0) is 25.8. The number of anilines is 1. The average Bonchev–Trinajstić information content (AvgIpc) is 3.36. The van der Waals surface area contributed by atoms with Crippen molar-refractivity contribution in [1.82, 2.24) is 14.7 Å². The maximum absolute atomic E-state index is 12.8. The highest BCUT2D eigenvalue weighted by Crippen LogP contribution is 2.39. The lowest BCUT2D eigenvalue weighted by Gasteiger charge is -2.28. The third-order valence-electron chi connectivity index (χ3n) is 5.36. The van der Waals surface area contributed by atoms with Gasteiger partial charge in [-0.1, -0.05) is 12.1 Å². The molecule has 0 radical (unpaired) electrons. The van der Waals surface area contributed by atoms with Gasteiger partial charge in [-0.15, -0.1) is 0 Å². The number of ether oxygens (including phenoxy) is 3. The predicted octanol–water partition coefficient (Wildman–Crippen LogP) is 5.61. The molecule has 0 aliphatic carbocycles. The van der Waals surface area contributed by atoms with Gasteiger partial charge in [-0.05, 0) is 60.8 Å². The highest BCUT2D eigenvalue weighted by molar-refractivity contribution is 9.10. The zero-order valence-electron chi connectivity index (χ0n) is 19.9. The van der Waals surface area contributed by atoms with Gasteiger partial charge in [-0.3, -0.25) is 4.68 Å². The van der Waals surface area contributed by atoms with Gasteiger partial charge in [0, 0.05) is 13.1 Å². The number of hydrogen-bond acceptors (Lipinski definition) is 6. The number of amides is 1. The molecule has 1 amide bonds. The summed E-state index contributed by atoms with van der Waals surface area (Å²) in [6.07, 6.45) is -0.318. The topological polar surface area (TPSA) is 82.2 Å². The van der Waals surface area contributed by atoms with E-state index in [1.807, 2.05) is 24.3 Å². The fourth-order valence-corrected chi connectivity index (χ4v) is 4.26. The van der Waals surface area contributed by atoms with E-state index in [4.69, 9.17) is 16.0 Å². The van der Waals surface area contributed by atoms with E-state index in [9.17, 15) is 13.6 Å². The number of nitrogens with one attached hydrogen (secondary N) is 1. The molecule has 2 aromatic rings. The lowest BCUT2D eigenvalue weighted by Crippen LogP contribution is -2.42. The van der Waals surface area contributed by atoms with Gasteiger partial charge in [0.1, 0.15) is 21.8 Å². The van der Waals surface area contributed by atoms with Crippen molar-refractivity contribution in [3.8, 4) is 5.75 Å². The normalized spacial score (nSPS) is 18.0. The predicted molar refractivity (Wildman–Crippen MR) is 129 cm³/mol. The number of halogens is 3. The molecule has 1 aliphatic heterocycles. The van der Waals surface area contributed by atoms with Crippen LogP contribution in [0.25, 0.3) is 4.85 Å². The van der Waals surface area contributed by atoms with Crippen molar-refractivity contribution >= 4 is 33.5 Å². The number of likely N-dealkylation sites (tertiary alicyclic amines) is 1. The van der Waals surface area contributed by atoms with E-state index in [0.29, 0.717) is 23.4 Å². The standard InChI is InChI=1S/C23H28BrF2N5O4/c1-23(2,3)35-22(32)30-12-15(10-16(30)13-34-21(25)26)31-20(18(27-4)19(24)29-31)28-11-14-6-8-17(33-5)9-7-14/h6-9,15-16,21,28H,10-13H2,1-3,5H3/t15-,16+/m0/s1. The maximum Gasteiger partial charge on any atom is 0.410 e. The van der Waals surface area contributed by atoms with E-state index >= 15 is 0 Å². The van der Waals surface area contributed by atoms with Crippen molar-refractivity contribution in [3.63, 3.8) is 0 Å². The van der Waals surface area contributed by atoms with Crippen molar-refractivity contribution in [2.75, 3.05) is 25.6 Å². The average molecular weight is 556 g/mol. The molecule has 2 heterocycles. The minimum Gasteiger partial charge on any atom is -0.497 e. The molecule has 0 unspecified atom stereocenters. The summed E-state index contributed by atoms with van der Waals surface area (Å²) in [5.74, 6) is 1.20. The van der Waals surface area contributed by atoms with E-state index in [1.165, 1.54) is 4.90 Å². The molecule has 1 aliphatic rings. The Balaban J connectivity index is 1.85. The summed E-state index contributed by atoms with van der Waals surface area (Å²) in [7, 11) is 1.59. The largest absolute Gasteiger partial charge is 0.497 e. The van der Waals surface area contributed by atoms with Gasteiger partial charge in [0.15, 0.2) is 0 Å². The number of methoxy groups -OCH3 is 1. The first-order chi connectivity index (χ1) is 16.5. The fourth-order valence-electron chi connectivity index (χ4n) is 3.81. The van der Waals surface area contributed by atoms with Crippen molar-refractivity contribution in [2.24, 2.45) is 0 Å². The molecule has 0 saturated carbocycles. The highest BCUT2D eigenvalue weighted by atomic mass is 79.9. The molecule has 1 fully saturated rings. The minimum absolute atomic E-state index is 0.162. The molecular weight excluding hydrogens is 528 g/mol. The highest BCUT2D eigenvalue weighted by Gasteiger charge is 2.40. The van der Waals surface area contributed by atoms with E-state index in [2.05, 4.69) is 35.9 Å². The number of aromatic nitrogens is 2. The number of carbonyl (C=O) groups is 1. The van der Waals surface area contributed by atoms with Gasteiger partial charge >= 0.3 is 12.7 Å². The van der Waals surface area contributed by atoms with Crippen LogP contribution in [0.4, 0.5) is 25.1 Å². The maximum atomic E-state index is 12.8. The molecule has 0 bridgehead atoms. The van der Waals surface area contributed by atoms with Crippen molar-refractivity contribution in [1.29, 1.82) is 0 Å². The number of hydrogen-bond donors (Lipinski definition) is 1. The third kappa shape index (κ3) is 6.82. The first-order valence-electron chi connectivity index (χ1n) is 10.9. The van der Waals surface area contributed by atoms with Crippen LogP contribution < -0.4 is 10.1 Å². The Bertz CT molecular complexity index is 1070. The Morgan fingerprint density at radius 1 is 1.34 bits per heavy atom. The summed E-state index contributed by atoms with van der Waals surface area (Å²) in [4.78, 5) is 17.8. The van der Waals surface area contributed by atoms with E-state index < -0.39 is 24.3 Å². The molecule has 0 spiro atoms. The Labute approximate surface area is 211 Å². The summed E-state index contributed by atoms with van der Waals surface area (Å²) in [5, 5.41) is 7.73. The number of benzene rings is 1. The Morgan fingerprint density at radius 3 is 2.60 bits per heavy atom. The summed E-state index contributed by atoms with van der Waals surface area (Å²) >= 11 is 3.34. The SMILES string of the molecule is [C-]#[N+]c1c(Br)nn([C@H]2C[C@H](COC(F)F)N(C(=O)OC(C)(C)C)C2)c1NCc1ccc(OC)cc1. The first kappa shape index (κ1) is 26.7. The summed E-state index contributed by atoms with van der Waals surface area (Å²) in [6.45, 7) is 10.1. The van der Waals surface area contributed by atoms with Crippen LogP contribution >= 0.6 is 15.9 Å². The number of alkyl halides is 2. The van der Waals surface area contributed by atoms with Crippen LogP contribution in [0.15, 0.2) is 28.9 Å². The molecule has 190 valence electrons. The van der Waals surface area contributed by atoms with Gasteiger partial charge in [-0.25, -0.2) is 9.64 Å². The van der Waals surface area contributed by atoms with Gasteiger partial charge in [0.05, 0.1) is 32.4 Å². The van der Waals surface area contributed by atoms with E-state index in [1.54, 1.807) is 32.6 Å². The number of carbonyl (C=O) groups excluding carboxylic acids is 1. The Kier molecular flexibility index (Phi) is 8.56. The molecule has 1 N–H and O–H groups in total. The second-order valence-electron chi connectivity index (χ2n) is 9.02. The number of rotatable bonds is 8. The molecule has 1 saturated heterocycles. The number of nitrogens with zero attached hydrogens (tertiary/aromatic N) is 4. The molecular formula is C23H28BrF2N5O4. The van der Waals surface area contributed by atoms with Gasteiger partial charge in [-0.2, -0.15) is 13.9 Å². The fraction of sp³-hybridized carbons (Fsp3) is 0.522. The smallest absolute Gasteiger partial charge is 0.410 e. The molecule has 35 heavy (non-hydrogen) atoms. The second-order valence-corrected chi connectivity index (χ2v) is 9.77. The van der Waals surface area contributed by atoms with Crippen molar-refractivity contribution in [2.45, 2.75) is 58.0 Å². The molecule has 2 atom stereocenters. The molecule has 3 rings (SSSR count). The van der Waals surface area contributed by atoms with Crippen LogP contribution in [0.2, 0.25) is 0 Å². The molecule has 12 heteroatoms. The third-order valence-corrected chi connectivity index (χ3v) is 5.89. The molecule has 1 aromatic carbocycles. The van der Waals surface area contributed by atoms with Crippen LogP contribution in [0, 0.1) is 6.57 Å². The second kappa shape index (κ2) is 11.2. The van der Waals surface area contributed by atoms with Crippen molar-refractivity contribution < 1.29 is 27.8 Å². The Hall–Kier alpha value is -2.91. The molecule has 9 nitrogen and oxygen atoms in total. The molecule has 1 aromatic heterocycles. The van der Waals surface area contributed by atoms with Crippen LogP contribution in [0.5, 0.6) is 5.75 Å². The van der Waals surface area contributed by atoms with Crippen LogP contribution in [0.3, 0.4) is 0 Å². The lowest BCUT2D eigenvalue weighted by atomic mass is 10.2. The summed E-state index contributed by atoms with van der Waals surface area (Å²) in [6, 6.07) is 6.44. The first-order valence-corrected chi connectivity index (χ1v) is 11.7. The minimum atomic E-state index is -2.95. The van der Waals surface area contributed by atoms with E-state index in [0.717, 1.165) is 11.3 Å². The lowest BCUT2D eigenvalue weighted by molar-refractivity contribution is -0.138. The van der Waals surface area contributed by atoms with Crippen LogP contribution in [0.1, 0.15) is 38.8 Å². The quantitative estimate of drug-likeness (QED) is 0.426. The van der Waals surface area contributed by atoms with Crippen LogP contribution in [-0.4, -0.2) is 59.3 Å². The van der Waals surface area contributed by atoms with Crippen molar-refractivity contribution in [3.05, 3.63) is 45.8 Å². The van der Waals surface area contributed by atoms with Gasteiger partial charge < -0.3 is 24.4 Å². The van der Waals surface area contributed by atoms with Gasteiger partial charge in [0.25, 0.3) is 5.69 Å². The monoisotopic (exact) mass is 555 g/mol. The van der Waals surface area contributed by atoms with Crippen LogP contribution in [-0.2, 0) is 16.0 Å². The Morgan fingerprint density at radius 2 is 2.03 bits per heavy atom. The zero-order valence-corrected chi connectivity index (χ0v) is 21.5. The summed E-state index contributed by atoms with van der Waals surface area (Å²) in [5.41, 5.74) is 0.491. The van der Waals surface area contributed by atoms with Gasteiger partial charge in [0.2, 0.25) is 0 Å².